The van der Waals surface area contributed by atoms with E-state index in [-0.39, 0.29) is 11.5 Å². The average Bonchev–Trinajstić information content (AvgIpc) is 2.27. The molecule has 0 aliphatic carbocycles. The van der Waals surface area contributed by atoms with E-state index in [1.165, 1.54) is 0 Å². The number of hydrogen-bond acceptors (Lipinski definition) is 2. The van der Waals surface area contributed by atoms with E-state index >= 15 is 0 Å². The molecule has 0 aliphatic rings. The third-order valence-electron chi connectivity index (χ3n) is 2.45. The number of benzene rings is 2. The van der Waals surface area contributed by atoms with Gasteiger partial charge in [0.15, 0.2) is 0 Å². The lowest BCUT2D eigenvalue weighted by molar-refractivity contribution is 0.474. The minimum atomic E-state index is 0.260. The van der Waals surface area contributed by atoms with E-state index in [9.17, 15) is 5.11 Å². The second-order valence-corrected chi connectivity index (χ2v) is 4.03. The minimum absolute atomic E-state index is 0.260. The molecule has 0 spiro atoms. The molecule has 2 rings (SSSR count). The Hall–Kier alpha value is -2.22. The van der Waals surface area contributed by atoms with Crippen LogP contribution in [0.3, 0.4) is 0 Å². The first-order valence-electron chi connectivity index (χ1n) is 5.41. The Kier molecular flexibility index (Phi) is 3.15. The number of aromatic hydroxyl groups is 2. The van der Waals surface area contributed by atoms with Crippen molar-refractivity contribution in [2.45, 2.75) is 6.92 Å². The molecular formula is C15H14O2. The Balaban J connectivity index is 2.22. The van der Waals surface area contributed by atoms with Gasteiger partial charge in [0.1, 0.15) is 11.5 Å². The molecule has 0 unspecified atom stereocenters. The van der Waals surface area contributed by atoms with Gasteiger partial charge >= 0.3 is 0 Å². The van der Waals surface area contributed by atoms with Crippen molar-refractivity contribution in [2.24, 2.45) is 0 Å². The van der Waals surface area contributed by atoms with E-state index in [0.29, 0.717) is 0 Å². The molecule has 0 saturated heterocycles. The van der Waals surface area contributed by atoms with Gasteiger partial charge in [-0.25, -0.2) is 0 Å². The molecule has 2 aromatic rings. The summed E-state index contributed by atoms with van der Waals surface area (Å²) in [7, 11) is 0. The molecule has 0 atom stereocenters. The van der Waals surface area contributed by atoms with Crippen molar-refractivity contribution in [3.8, 4) is 11.5 Å². The highest BCUT2D eigenvalue weighted by atomic mass is 16.3. The first-order chi connectivity index (χ1) is 8.13. The first kappa shape index (κ1) is 11.3. The molecule has 0 amide bonds. The fraction of sp³-hybridized carbons (Fsp3) is 0.0667. The minimum Gasteiger partial charge on any atom is -0.508 e. The van der Waals surface area contributed by atoms with Crippen LogP contribution in [-0.4, -0.2) is 10.2 Å². The van der Waals surface area contributed by atoms with Gasteiger partial charge in [-0.1, -0.05) is 30.4 Å². The van der Waals surface area contributed by atoms with Crippen molar-refractivity contribution in [3.63, 3.8) is 0 Å². The Morgan fingerprint density at radius 1 is 0.765 bits per heavy atom. The molecule has 17 heavy (non-hydrogen) atoms. The van der Waals surface area contributed by atoms with Crippen molar-refractivity contribution in [2.75, 3.05) is 0 Å². The molecule has 86 valence electrons. The summed E-state index contributed by atoms with van der Waals surface area (Å²) in [4.78, 5) is 0. The molecule has 0 bridgehead atoms. The van der Waals surface area contributed by atoms with Crippen LogP contribution in [-0.2, 0) is 0 Å². The third kappa shape index (κ3) is 3.11. The molecule has 2 aromatic carbocycles. The van der Waals surface area contributed by atoms with Gasteiger partial charge in [-0.2, -0.15) is 0 Å². The lowest BCUT2D eigenvalue weighted by atomic mass is 10.1. The fourth-order valence-corrected chi connectivity index (χ4v) is 1.67. The maximum Gasteiger partial charge on any atom is 0.116 e. The molecule has 2 N–H and O–H groups in total. The number of rotatable bonds is 2. The first-order valence-corrected chi connectivity index (χ1v) is 5.41. The SMILES string of the molecule is Cc1cc(O)cc(C=Cc2ccc(O)cc2)c1. The van der Waals surface area contributed by atoms with Gasteiger partial charge in [0.25, 0.3) is 0 Å². The predicted molar refractivity (Wildman–Crippen MR) is 69.9 cm³/mol. The van der Waals surface area contributed by atoms with Crippen molar-refractivity contribution < 1.29 is 10.2 Å². The summed E-state index contributed by atoms with van der Waals surface area (Å²) in [5.41, 5.74) is 2.98. The zero-order chi connectivity index (χ0) is 12.3. The molecular weight excluding hydrogens is 212 g/mol. The van der Waals surface area contributed by atoms with E-state index in [2.05, 4.69) is 0 Å². The number of phenols is 2. The van der Waals surface area contributed by atoms with Crippen LogP contribution >= 0.6 is 0 Å². The highest BCUT2D eigenvalue weighted by molar-refractivity contribution is 5.70. The third-order valence-corrected chi connectivity index (χ3v) is 2.45. The summed E-state index contributed by atoms with van der Waals surface area (Å²) in [5.74, 6) is 0.533. The second-order valence-electron chi connectivity index (χ2n) is 4.03. The maximum absolute atomic E-state index is 9.46. The largest absolute Gasteiger partial charge is 0.508 e. The van der Waals surface area contributed by atoms with Crippen LogP contribution in [0.4, 0.5) is 0 Å². The molecule has 0 saturated carbocycles. The Morgan fingerprint density at radius 2 is 1.41 bits per heavy atom. The van der Waals surface area contributed by atoms with E-state index in [1.807, 2.05) is 37.3 Å². The summed E-state index contributed by atoms with van der Waals surface area (Å²) in [6.45, 7) is 1.94. The fourth-order valence-electron chi connectivity index (χ4n) is 1.67. The second kappa shape index (κ2) is 4.74. The van der Waals surface area contributed by atoms with Crippen molar-refractivity contribution in [3.05, 3.63) is 59.2 Å². The van der Waals surface area contributed by atoms with Gasteiger partial charge in [-0.05, 0) is 47.9 Å². The smallest absolute Gasteiger partial charge is 0.116 e. The standard InChI is InChI=1S/C15H14O2/c1-11-8-13(10-15(17)9-11)3-2-12-4-6-14(16)7-5-12/h2-10,16-17H,1H3. The monoisotopic (exact) mass is 226 g/mol. The Labute approximate surface area is 100 Å². The van der Waals surface area contributed by atoms with Crippen molar-refractivity contribution in [1.29, 1.82) is 0 Å². The van der Waals surface area contributed by atoms with E-state index in [0.717, 1.165) is 16.7 Å². The van der Waals surface area contributed by atoms with E-state index < -0.39 is 0 Å². The van der Waals surface area contributed by atoms with E-state index in [1.54, 1.807) is 24.3 Å². The summed E-state index contributed by atoms with van der Waals surface area (Å²) in [6.07, 6.45) is 3.87. The highest BCUT2D eigenvalue weighted by Crippen LogP contribution is 2.18. The van der Waals surface area contributed by atoms with Crippen LogP contribution in [0.1, 0.15) is 16.7 Å². The molecule has 0 fully saturated rings. The summed E-state index contributed by atoms with van der Waals surface area (Å²) >= 11 is 0. The predicted octanol–water partition coefficient (Wildman–Crippen LogP) is 3.58. The van der Waals surface area contributed by atoms with Crippen molar-refractivity contribution in [1.82, 2.24) is 0 Å². The van der Waals surface area contributed by atoms with Crippen molar-refractivity contribution >= 4 is 12.2 Å². The highest BCUT2D eigenvalue weighted by Gasteiger charge is 1.94. The zero-order valence-electron chi connectivity index (χ0n) is 9.59. The zero-order valence-corrected chi connectivity index (χ0v) is 9.59. The molecule has 0 aromatic heterocycles. The van der Waals surface area contributed by atoms with Crippen LogP contribution in [0.5, 0.6) is 11.5 Å². The molecule has 0 aliphatic heterocycles. The van der Waals surface area contributed by atoms with E-state index in [4.69, 9.17) is 5.11 Å². The average molecular weight is 226 g/mol. The van der Waals surface area contributed by atoms with Crippen LogP contribution in [0.25, 0.3) is 12.2 Å². The van der Waals surface area contributed by atoms with Crippen LogP contribution in [0, 0.1) is 6.92 Å². The number of hydrogen-bond donors (Lipinski definition) is 2. The molecule has 0 heterocycles. The molecule has 2 nitrogen and oxygen atoms in total. The summed E-state index contributed by atoms with van der Waals surface area (Å²) < 4.78 is 0. The van der Waals surface area contributed by atoms with Crippen LogP contribution in [0.2, 0.25) is 0 Å². The Bertz CT molecular complexity index is 519. The van der Waals surface area contributed by atoms with Gasteiger partial charge in [0, 0.05) is 0 Å². The lowest BCUT2D eigenvalue weighted by Crippen LogP contribution is -1.77. The normalized spacial score (nSPS) is 10.9. The maximum atomic E-state index is 9.46. The lowest BCUT2D eigenvalue weighted by Gasteiger charge is -1.99. The molecule has 2 heteroatoms. The number of aryl methyl sites for hydroxylation is 1. The Morgan fingerprint density at radius 3 is 2.06 bits per heavy atom. The van der Waals surface area contributed by atoms with Gasteiger partial charge in [-0.15, -0.1) is 0 Å². The van der Waals surface area contributed by atoms with Crippen LogP contribution in [0.15, 0.2) is 42.5 Å². The summed E-state index contributed by atoms with van der Waals surface area (Å²) in [5, 5.41) is 18.6. The molecule has 0 radical (unpaired) electrons. The summed E-state index contributed by atoms with van der Waals surface area (Å²) in [6, 6.07) is 12.4. The van der Waals surface area contributed by atoms with Crippen LogP contribution < -0.4 is 0 Å². The van der Waals surface area contributed by atoms with Gasteiger partial charge in [-0.3, -0.25) is 0 Å². The number of phenolic OH excluding ortho intramolecular Hbond substituents is 2. The quantitative estimate of drug-likeness (QED) is 0.768. The van der Waals surface area contributed by atoms with Gasteiger partial charge in [0.05, 0.1) is 0 Å². The topological polar surface area (TPSA) is 40.5 Å². The van der Waals surface area contributed by atoms with Gasteiger partial charge in [0.2, 0.25) is 0 Å². The van der Waals surface area contributed by atoms with Gasteiger partial charge < -0.3 is 10.2 Å².